The normalized spacial score (nSPS) is 12.8. The first-order valence-electron chi connectivity index (χ1n) is 5.06. The second-order valence-electron chi connectivity index (χ2n) is 3.61. The van der Waals surface area contributed by atoms with Crippen molar-refractivity contribution in [3.05, 3.63) is 11.1 Å². The van der Waals surface area contributed by atoms with Crippen molar-refractivity contribution in [1.82, 2.24) is 4.98 Å². The summed E-state index contributed by atoms with van der Waals surface area (Å²) in [6.07, 6.45) is 1.01. The van der Waals surface area contributed by atoms with Gasteiger partial charge in [0.15, 0.2) is 5.13 Å². The molecule has 1 aromatic rings. The summed E-state index contributed by atoms with van der Waals surface area (Å²) >= 11 is 1.64. The molecule has 0 saturated heterocycles. The van der Waals surface area contributed by atoms with E-state index in [4.69, 9.17) is 10.5 Å². The first-order chi connectivity index (χ1) is 7.15. The van der Waals surface area contributed by atoms with Crippen molar-refractivity contribution >= 4 is 16.5 Å². The van der Waals surface area contributed by atoms with E-state index in [1.807, 2.05) is 19.4 Å². The van der Waals surface area contributed by atoms with Gasteiger partial charge >= 0.3 is 0 Å². The first kappa shape index (κ1) is 12.4. The van der Waals surface area contributed by atoms with Crippen LogP contribution in [-0.4, -0.2) is 32.3 Å². The molecule has 0 aliphatic heterocycles. The van der Waals surface area contributed by atoms with E-state index in [0.29, 0.717) is 0 Å². The number of anilines is 1. The number of hydrogen-bond donors (Lipinski definition) is 1. The Kier molecular flexibility index (Phi) is 5.01. The minimum absolute atomic E-state index is 0.0161. The summed E-state index contributed by atoms with van der Waals surface area (Å²) in [6, 6.07) is 0.0161. The summed E-state index contributed by atoms with van der Waals surface area (Å²) in [6.45, 7) is 3.69. The molecule has 1 atom stereocenters. The summed E-state index contributed by atoms with van der Waals surface area (Å²) in [5, 5.41) is 3.05. The van der Waals surface area contributed by atoms with Crippen molar-refractivity contribution in [2.24, 2.45) is 5.73 Å². The van der Waals surface area contributed by atoms with Crippen LogP contribution in [0.5, 0.6) is 0 Å². The van der Waals surface area contributed by atoms with E-state index < -0.39 is 0 Å². The van der Waals surface area contributed by atoms with E-state index >= 15 is 0 Å². The van der Waals surface area contributed by atoms with Crippen LogP contribution >= 0.6 is 11.3 Å². The molecule has 5 heteroatoms. The fraction of sp³-hybridized carbons (Fsp3) is 0.700. The van der Waals surface area contributed by atoms with Gasteiger partial charge in [-0.05, 0) is 13.3 Å². The lowest BCUT2D eigenvalue weighted by Crippen LogP contribution is -2.19. The lowest BCUT2D eigenvalue weighted by Gasteiger charge is -2.14. The van der Waals surface area contributed by atoms with E-state index in [-0.39, 0.29) is 6.04 Å². The summed E-state index contributed by atoms with van der Waals surface area (Å²) in [5.41, 5.74) is 6.72. The second kappa shape index (κ2) is 6.05. The van der Waals surface area contributed by atoms with Gasteiger partial charge in [0.05, 0.1) is 5.69 Å². The van der Waals surface area contributed by atoms with Crippen molar-refractivity contribution in [2.45, 2.75) is 19.4 Å². The predicted octanol–water partition coefficient (Wildman–Crippen LogP) is 1.64. The molecule has 15 heavy (non-hydrogen) atoms. The maximum Gasteiger partial charge on any atom is 0.185 e. The topological polar surface area (TPSA) is 51.4 Å². The van der Waals surface area contributed by atoms with Crippen LogP contribution in [0.2, 0.25) is 0 Å². The molecule has 0 saturated carbocycles. The molecule has 0 bridgehead atoms. The third-order valence-electron chi connectivity index (χ3n) is 2.14. The predicted molar refractivity (Wildman–Crippen MR) is 64.5 cm³/mol. The summed E-state index contributed by atoms with van der Waals surface area (Å²) < 4.78 is 5.01. The van der Waals surface area contributed by atoms with Crippen LogP contribution in [0.1, 0.15) is 25.1 Å². The minimum atomic E-state index is 0.0161. The lowest BCUT2D eigenvalue weighted by molar-refractivity contribution is 0.196. The maximum absolute atomic E-state index is 5.75. The highest BCUT2D eigenvalue weighted by Gasteiger charge is 2.08. The third kappa shape index (κ3) is 3.77. The van der Waals surface area contributed by atoms with Crippen molar-refractivity contribution < 1.29 is 4.74 Å². The standard InChI is InChI=1S/C10H19N3OS/c1-8(11)9-7-15-10(12-9)13(2)5-4-6-14-3/h7-8H,4-6,11H2,1-3H3. The van der Waals surface area contributed by atoms with E-state index in [0.717, 1.165) is 30.4 Å². The Bertz CT molecular complexity index is 288. The van der Waals surface area contributed by atoms with Crippen LogP contribution in [0.25, 0.3) is 0 Å². The van der Waals surface area contributed by atoms with Gasteiger partial charge in [-0.15, -0.1) is 11.3 Å². The van der Waals surface area contributed by atoms with Gasteiger partial charge in [-0.3, -0.25) is 0 Å². The molecular weight excluding hydrogens is 210 g/mol. The number of nitrogens with zero attached hydrogens (tertiary/aromatic N) is 2. The zero-order valence-corrected chi connectivity index (χ0v) is 10.4. The van der Waals surface area contributed by atoms with Gasteiger partial charge in [0.2, 0.25) is 0 Å². The number of thiazole rings is 1. The van der Waals surface area contributed by atoms with Crippen LogP contribution in [0.4, 0.5) is 5.13 Å². The Morgan fingerprint density at radius 2 is 2.40 bits per heavy atom. The Morgan fingerprint density at radius 1 is 1.67 bits per heavy atom. The molecule has 0 fully saturated rings. The average Bonchev–Trinajstić information content (AvgIpc) is 2.66. The largest absolute Gasteiger partial charge is 0.385 e. The summed E-state index contributed by atoms with van der Waals surface area (Å²) in [4.78, 5) is 6.60. The van der Waals surface area contributed by atoms with Gasteiger partial charge in [-0.2, -0.15) is 0 Å². The SMILES string of the molecule is COCCCN(C)c1nc(C(C)N)cs1. The van der Waals surface area contributed by atoms with Gasteiger partial charge in [0, 0.05) is 38.7 Å². The fourth-order valence-corrected chi connectivity index (χ4v) is 2.13. The van der Waals surface area contributed by atoms with Crippen LogP contribution in [0.15, 0.2) is 5.38 Å². The number of rotatable bonds is 6. The molecule has 0 spiro atoms. The molecular formula is C10H19N3OS. The quantitative estimate of drug-likeness (QED) is 0.753. The van der Waals surface area contributed by atoms with E-state index in [2.05, 4.69) is 9.88 Å². The molecule has 0 amide bonds. The van der Waals surface area contributed by atoms with Gasteiger partial charge < -0.3 is 15.4 Å². The van der Waals surface area contributed by atoms with Crippen LogP contribution in [0, 0.1) is 0 Å². The van der Waals surface area contributed by atoms with Gasteiger partial charge in [-0.25, -0.2) is 4.98 Å². The maximum atomic E-state index is 5.75. The van der Waals surface area contributed by atoms with Crippen molar-refractivity contribution in [3.63, 3.8) is 0 Å². The Labute approximate surface area is 95.1 Å². The van der Waals surface area contributed by atoms with Crippen molar-refractivity contribution in [2.75, 3.05) is 32.2 Å². The van der Waals surface area contributed by atoms with Crippen molar-refractivity contribution in [3.8, 4) is 0 Å². The van der Waals surface area contributed by atoms with Gasteiger partial charge in [0.25, 0.3) is 0 Å². The zero-order chi connectivity index (χ0) is 11.3. The Balaban J connectivity index is 2.47. The smallest absolute Gasteiger partial charge is 0.185 e. The van der Waals surface area contributed by atoms with Crippen LogP contribution in [-0.2, 0) is 4.74 Å². The number of ether oxygens (including phenoxy) is 1. The molecule has 0 aliphatic rings. The second-order valence-corrected chi connectivity index (χ2v) is 4.45. The summed E-state index contributed by atoms with van der Waals surface area (Å²) in [5.74, 6) is 0. The Hall–Kier alpha value is -0.650. The average molecular weight is 229 g/mol. The van der Waals surface area contributed by atoms with Gasteiger partial charge in [0.1, 0.15) is 0 Å². The molecule has 0 aromatic carbocycles. The highest BCUT2D eigenvalue weighted by Crippen LogP contribution is 2.22. The highest BCUT2D eigenvalue weighted by molar-refractivity contribution is 7.13. The molecule has 1 heterocycles. The molecule has 86 valence electrons. The van der Waals surface area contributed by atoms with E-state index in [1.54, 1.807) is 18.4 Å². The monoisotopic (exact) mass is 229 g/mol. The minimum Gasteiger partial charge on any atom is -0.385 e. The molecule has 1 aromatic heterocycles. The molecule has 1 rings (SSSR count). The fourth-order valence-electron chi connectivity index (χ4n) is 1.20. The van der Waals surface area contributed by atoms with Crippen molar-refractivity contribution in [1.29, 1.82) is 0 Å². The van der Waals surface area contributed by atoms with Crippen LogP contribution in [0.3, 0.4) is 0 Å². The van der Waals surface area contributed by atoms with E-state index in [1.165, 1.54) is 0 Å². The Morgan fingerprint density at radius 3 is 2.93 bits per heavy atom. The molecule has 1 unspecified atom stereocenters. The van der Waals surface area contributed by atoms with Crippen LogP contribution < -0.4 is 10.6 Å². The lowest BCUT2D eigenvalue weighted by atomic mass is 10.3. The van der Waals surface area contributed by atoms with E-state index in [9.17, 15) is 0 Å². The first-order valence-corrected chi connectivity index (χ1v) is 5.94. The number of hydrogen-bond acceptors (Lipinski definition) is 5. The molecule has 0 radical (unpaired) electrons. The summed E-state index contributed by atoms with van der Waals surface area (Å²) in [7, 11) is 3.76. The highest BCUT2D eigenvalue weighted by atomic mass is 32.1. The third-order valence-corrected chi connectivity index (χ3v) is 3.12. The molecule has 2 N–H and O–H groups in total. The van der Waals surface area contributed by atoms with Gasteiger partial charge in [-0.1, -0.05) is 0 Å². The molecule has 4 nitrogen and oxygen atoms in total. The number of methoxy groups -OCH3 is 1. The number of aromatic nitrogens is 1. The zero-order valence-electron chi connectivity index (χ0n) is 9.56. The number of nitrogens with two attached hydrogens (primary N) is 1. The molecule has 0 aliphatic carbocycles.